The quantitative estimate of drug-likeness (QED) is 0.407. The lowest BCUT2D eigenvalue weighted by molar-refractivity contribution is 0.193. The Labute approximate surface area is 172 Å². The minimum Gasteiger partial charge on any atom is -0.487 e. The zero-order valence-corrected chi connectivity index (χ0v) is 16.0. The number of nitrogens with one attached hydrogen (secondary N) is 2. The fourth-order valence-electron chi connectivity index (χ4n) is 3.20. The molecule has 2 aromatic carbocycles. The first-order valence-corrected chi connectivity index (χ1v) is 9.46. The third kappa shape index (κ3) is 4.47. The van der Waals surface area contributed by atoms with Crippen LogP contribution in [0.4, 0.5) is 10.1 Å². The molecule has 0 fully saturated rings. The van der Waals surface area contributed by atoms with Crippen molar-refractivity contribution in [1.82, 2.24) is 9.97 Å². The van der Waals surface area contributed by atoms with Gasteiger partial charge in [0.25, 0.3) is 0 Å². The number of nitrogens with zero attached hydrogens (tertiary/aromatic N) is 1. The van der Waals surface area contributed by atoms with Crippen LogP contribution in [0.5, 0.6) is 5.75 Å². The lowest BCUT2D eigenvalue weighted by atomic mass is 10.0. The van der Waals surface area contributed by atoms with E-state index in [1.165, 1.54) is 18.3 Å². The number of aliphatic hydroxyl groups is 1. The van der Waals surface area contributed by atoms with Crippen molar-refractivity contribution in [2.45, 2.75) is 12.7 Å². The molecule has 0 aliphatic heterocycles. The average molecular weight is 405 g/mol. The number of H-pyrrole nitrogens is 1. The predicted octanol–water partition coefficient (Wildman–Crippen LogP) is 3.79. The van der Waals surface area contributed by atoms with Crippen LogP contribution in [0.3, 0.4) is 0 Å². The number of hydrogen-bond acceptors (Lipinski definition) is 5. The summed E-state index contributed by atoms with van der Waals surface area (Å²) in [6, 6.07) is 19.1. The van der Waals surface area contributed by atoms with E-state index in [1.807, 2.05) is 30.3 Å². The van der Waals surface area contributed by atoms with Gasteiger partial charge in [-0.15, -0.1) is 0 Å². The first-order chi connectivity index (χ1) is 14.6. The molecule has 1 atom stereocenters. The largest absolute Gasteiger partial charge is 0.487 e. The molecule has 0 unspecified atom stereocenters. The van der Waals surface area contributed by atoms with Gasteiger partial charge in [0.15, 0.2) is 0 Å². The summed E-state index contributed by atoms with van der Waals surface area (Å²) in [6.45, 7) is 0.541. The van der Waals surface area contributed by atoms with Crippen molar-refractivity contribution >= 4 is 16.6 Å². The second kappa shape index (κ2) is 8.75. The second-order valence-electron chi connectivity index (χ2n) is 6.80. The maximum absolute atomic E-state index is 12.9. The molecule has 0 saturated carbocycles. The van der Waals surface area contributed by atoms with E-state index in [-0.39, 0.29) is 12.1 Å². The number of aromatic amines is 1. The van der Waals surface area contributed by atoms with Gasteiger partial charge in [0.1, 0.15) is 12.4 Å². The maximum atomic E-state index is 12.9. The van der Waals surface area contributed by atoms with Crippen molar-refractivity contribution in [3.63, 3.8) is 0 Å². The highest BCUT2D eigenvalue weighted by Gasteiger charge is 2.15. The van der Waals surface area contributed by atoms with Crippen molar-refractivity contribution in [3.05, 3.63) is 100 Å². The molecule has 0 radical (unpaired) electrons. The van der Waals surface area contributed by atoms with Crippen LogP contribution in [-0.4, -0.2) is 21.6 Å². The molecular formula is C23H20FN3O3. The molecule has 152 valence electrons. The predicted molar refractivity (Wildman–Crippen MR) is 113 cm³/mol. The minimum atomic E-state index is -0.869. The molecule has 0 aliphatic rings. The van der Waals surface area contributed by atoms with Crippen LogP contribution >= 0.6 is 0 Å². The van der Waals surface area contributed by atoms with E-state index in [2.05, 4.69) is 15.3 Å². The molecule has 2 aromatic heterocycles. The van der Waals surface area contributed by atoms with Gasteiger partial charge in [-0.1, -0.05) is 36.4 Å². The summed E-state index contributed by atoms with van der Waals surface area (Å²) in [5.74, 6) is -0.0414. The van der Waals surface area contributed by atoms with E-state index in [0.29, 0.717) is 34.5 Å². The van der Waals surface area contributed by atoms with Gasteiger partial charge in [-0.05, 0) is 35.4 Å². The Morgan fingerprint density at radius 1 is 1.07 bits per heavy atom. The number of benzene rings is 2. The standard InChI is InChI=1S/C23H20FN3O3/c24-21-10-6-16(12-26-21)25-13-19(28)17-7-9-20(23-18(17)8-11-22(29)27-23)30-14-15-4-2-1-3-5-15/h1-12,19,25,28H,13-14H2,(H,27,29)/t19-/m1/s1. The molecule has 3 N–H and O–H groups in total. The molecule has 2 heterocycles. The van der Waals surface area contributed by atoms with Crippen molar-refractivity contribution in [2.75, 3.05) is 11.9 Å². The first kappa shape index (κ1) is 19.6. The molecule has 0 bridgehead atoms. The summed E-state index contributed by atoms with van der Waals surface area (Å²) in [7, 11) is 0. The van der Waals surface area contributed by atoms with Crippen LogP contribution in [0, 0.1) is 5.95 Å². The van der Waals surface area contributed by atoms with E-state index in [1.54, 1.807) is 24.3 Å². The highest BCUT2D eigenvalue weighted by atomic mass is 19.1. The van der Waals surface area contributed by atoms with Gasteiger partial charge in [-0.2, -0.15) is 4.39 Å². The van der Waals surface area contributed by atoms with Gasteiger partial charge in [-0.25, -0.2) is 4.98 Å². The fraction of sp³-hybridized carbons (Fsp3) is 0.130. The molecule has 0 amide bonds. The Bertz CT molecular complexity index is 1190. The number of aromatic nitrogens is 2. The molecule has 0 saturated heterocycles. The minimum absolute atomic E-state index is 0.186. The number of hydrogen-bond donors (Lipinski definition) is 3. The number of aliphatic hydroxyl groups excluding tert-OH is 1. The van der Waals surface area contributed by atoms with E-state index >= 15 is 0 Å². The molecule has 30 heavy (non-hydrogen) atoms. The molecule has 0 spiro atoms. The topological polar surface area (TPSA) is 87.2 Å². The van der Waals surface area contributed by atoms with Gasteiger partial charge in [0, 0.05) is 18.0 Å². The van der Waals surface area contributed by atoms with Crippen LogP contribution in [0.25, 0.3) is 10.9 Å². The molecule has 6 nitrogen and oxygen atoms in total. The summed E-state index contributed by atoms with van der Waals surface area (Å²) in [4.78, 5) is 18.3. The molecule has 4 aromatic rings. The number of halogens is 1. The van der Waals surface area contributed by atoms with Gasteiger partial charge >= 0.3 is 0 Å². The van der Waals surface area contributed by atoms with Crippen molar-refractivity contribution in [1.29, 1.82) is 0 Å². The van der Waals surface area contributed by atoms with Crippen molar-refractivity contribution in [3.8, 4) is 5.75 Å². The molecule has 4 rings (SSSR count). The van der Waals surface area contributed by atoms with Gasteiger partial charge in [0.2, 0.25) is 11.5 Å². The van der Waals surface area contributed by atoms with Crippen molar-refractivity contribution < 1.29 is 14.2 Å². The normalized spacial score (nSPS) is 11.9. The number of rotatable bonds is 7. The summed E-state index contributed by atoms with van der Waals surface area (Å²) < 4.78 is 18.9. The van der Waals surface area contributed by atoms with Gasteiger partial charge < -0.3 is 20.1 Å². The number of ether oxygens (including phenoxy) is 1. The van der Waals surface area contributed by atoms with E-state index in [4.69, 9.17) is 4.74 Å². The van der Waals surface area contributed by atoms with E-state index in [0.717, 1.165) is 5.56 Å². The summed E-state index contributed by atoms with van der Waals surface area (Å²) in [6.07, 6.45) is 0.490. The molecule has 7 heteroatoms. The summed E-state index contributed by atoms with van der Waals surface area (Å²) in [5, 5.41) is 14.4. The Hall–Kier alpha value is -3.71. The first-order valence-electron chi connectivity index (χ1n) is 9.46. The smallest absolute Gasteiger partial charge is 0.248 e. The maximum Gasteiger partial charge on any atom is 0.248 e. The number of pyridine rings is 2. The Balaban J connectivity index is 1.57. The van der Waals surface area contributed by atoms with E-state index < -0.39 is 12.1 Å². The summed E-state index contributed by atoms with van der Waals surface area (Å²) in [5.41, 5.74) is 2.50. The Kier molecular flexibility index (Phi) is 5.72. The molecular weight excluding hydrogens is 385 g/mol. The highest BCUT2D eigenvalue weighted by molar-refractivity contribution is 5.87. The number of anilines is 1. The average Bonchev–Trinajstić information content (AvgIpc) is 2.77. The Morgan fingerprint density at radius 2 is 1.90 bits per heavy atom. The lowest BCUT2D eigenvalue weighted by Gasteiger charge is -2.17. The SMILES string of the molecule is O=c1ccc2c([C@H](O)CNc3ccc(F)nc3)ccc(OCc3ccccc3)c2[nH]1. The fourth-order valence-corrected chi connectivity index (χ4v) is 3.20. The van der Waals surface area contributed by atoms with Crippen LogP contribution in [-0.2, 0) is 6.61 Å². The van der Waals surface area contributed by atoms with Gasteiger partial charge in [0.05, 0.1) is 23.5 Å². The van der Waals surface area contributed by atoms with Crippen LogP contribution in [0.2, 0.25) is 0 Å². The third-order valence-corrected chi connectivity index (χ3v) is 4.71. The highest BCUT2D eigenvalue weighted by Crippen LogP contribution is 2.30. The zero-order valence-electron chi connectivity index (χ0n) is 16.0. The van der Waals surface area contributed by atoms with E-state index in [9.17, 15) is 14.3 Å². The summed E-state index contributed by atoms with van der Waals surface area (Å²) >= 11 is 0. The molecule has 0 aliphatic carbocycles. The second-order valence-corrected chi connectivity index (χ2v) is 6.80. The van der Waals surface area contributed by atoms with Crippen molar-refractivity contribution in [2.24, 2.45) is 0 Å². The Morgan fingerprint density at radius 3 is 2.67 bits per heavy atom. The zero-order chi connectivity index (χ0) is 20.9. The van der Waals surface area contributed by atoms with Crippen LogP contribution in [0.1, 0.15) is 17.2 Å². The van der Waals surface area contributed by atoms with Crippen LogP contribution < -0.4 is 15.6 Å². The van der Waals surface area contributed by atoms with Gasteiger partial charge in [-0.3, -0.25) is 4.79 Å². The van der Waals surface area contributed by atoms with Crippen LogP contribution in [0.15, 0.2) is 77.7 Å². The third-order valence-electron chi connectivity index (χ3n) is 4.71. The number of fused-ring (bicyclic) bond motifs is 1. The monoisotopic (exact) mass is 405 g/mol. The lowest BCUT2D eigenvalue weighted by Crippen LogP contribution is -2.14.